The molecule has 1 fully saturated rings. The maximum absolute atomic E-state index is 12.3. The molecule has 1 amide bonds. The molecule has 1 aliphatic rings. The summed E-state index contributed by atoms with van der Waals surface area (Å²) in [5.74, 6) is 0.0911. The van der Waals surface area contributed by atoms with E-state index in [1.807, 2.05) is 0 Å². The van der Waals surface area contributed by atoms with Gasteiger partial charge < -0.3 is 14.8 Å². The van der Waals surface area contributed by atoms with Gasteiger partial charge >= 0.3 is 0 Å². The van der Waals surface area contributed by atoms with Crippen LogP contribution in [0.15, 0.2) is 23.1 Å². The molecule has 0 unspecified atom stereocenters. The Hall–Kier alpha value is -1.64. The summed E-state index contributed by atoms with van der Waals surface area (Å²) in [6.07, 6.45) is 1.71. The van der Waals surface area contributed by atoms with E-state index in [4.69, 9.17) is 9.47 Å². The molecule has 2 N–H and O–H groups in total. The third-order valence-corrected chi connectivity index (χ3v) is 4.74. The van der Waals surface area contributed by atoms with Crippen LogP contribution in [-0.2, 0) is 19.6 Å². The number of carbonyl (C=O) groups is 1. The molecule has 1 aromatic rings. The first-order chi connectivity index (χ1) is 10.4. The highest BCUT2D eigenvalue weighted by Gasteiger charge is 2.21. The van der Waals surface area contributed by atoms with E-state index in [1.165, 1.54) is 32.2 Å². The van der Waals surface area contributed by atoms with E-state index in [0.29, 0.717) is 18.0 Å². The van der Waals surface area contributed by atoms with Crippen molar-refractivity contribution in [2.24, 2.45) is 0 Å². The largest absolute Gasteiger partial charge is 0.495 e. The number of benzene rings is 1. The second-order valence-corrected chi connectivity index (χ2v) is 6.80. The number of ether oxygens (including phenoxy) is 2. The minimum absolute atomic E-state index is 0.0649. The molecule has 1 aromatic carbocycles. The van der Waals surface area contributed by atoms with Crippen molar-refractivity contribution in [3.8, 4) is 5.75 Å². The number of amides is 1. The fourth-order valence-electron chi connectivity index (χ4n) is 2.23. The molecule has 8 heteroatoms. The van der Waals surface area contributed by atoms with Crippen LogP contribution in [0.25, 0.3) is 0 Å². The fraction of sp³-hybridized carbons (Fsp3) is 0.500. The predicted octanol–water partition coefficient (Wildman–Crippen LogP) is 1.11. The molecule has 1 heterocycles. The molecule has 2 rings (SSSR count). The molecule has 122 valence electrons. The summed E-state index contributed by atoms with van der Waals surface area (Å²) in [5.41, 5.74) is 0.315. The van der Waals surface area contributed by atoms with E-state index in [1.54, 1.807) is 0 Å². The summed E-state index contributed by atoms with van der Waals surface area (Å²) >= 11 is 0. The number of carbonyl (C=O) groups excluding carboxylic acids is 1. The predicted molar refractivity (Wildman–Crippen MR) is 81.5 cm³/mol. The molecule has 0 radical (unpaired) electrons. The number of sulfonamides is 1. The van der Waals surface area contributed by atoms with Crippen molar-refractivity contribution in [2.75, 3.05) is 25.6 Å². The maximum atomic E-state index is 12.3. The molecule has 1 saturated heterocycles. The van der Waals surface area contributed by atoms with Crippen molar-refractivity contribution in [3.63, 3.8) is 0 Å². The highest BCUT2D eigenvalue weighted by Crippen LogP contribution is 2.27. The van der Waals surface area contributed by atoms with Crippen LogP contribution < -0.4 is 14.8 Å². The first-order valence-corrected chi connectivity index (χ1v) is 8.47. The molecule has 0 saturated carbocycles. The number of hydrogen-bond donors (Lipinski definition) is 2. The smallest absolute Gasteiger partial charge is 0.240 e. The van der Waals surface area contributed by atoms with Gasteiger partial charge in [-0.15, -0.1) is 0 Å². The average molecular weight is 328 g/mol. The van der Waals surface area contributed by atoms with E-state index in [-0.39, 0.29) is 23.5 Å². The lowest BCUT2D eigenvalue weighted by Gasteiger charge is -2.14. The van der Waals surface area contributed by atoms with Crippen LogP contribution in [0.1, 0.15) is 19.8 Å². The number of rotatable bonds is 6. The van der Waals surface area contributed by atoms with Gasteiger partial charge in [-0.1, -0.05) is 0 Å². The van der Waals surface area contributed by atoms with E-state index >= 15 is 0 Å². The second-order valence-electron chi connectivity index (χ2n) is 5.03. The zero-order valence-corrected chi connectivity index (χ0v) is 13.4. The van der Waals surface area contributed by atoms with Gasteiger partial charge in [0.15, 0.2) is 0 Å². The van der Waals surface area contributed by atoms with Crippen molar-refractivity contribution in [1.29, 1.82) is 0 Å². The van der Waals surface area contributed by atoms with Gasteiger partial charge in [-0.2, -0.15) is 0 Å². The van der Waals surface area contributed by atoms with Crippen molar-refractivity contribution in [1.82, 2.24) is 4.72 Å². The zero-order chi connectivity index (χ0) is 16.2. The molecule has 0 bridgehead atoms. The Bertz CT molecular complexity index is 639. The fourth-order valence-corrected chi connectivity index (χ4v) is 3.33. The van der Waals surface area contributed by atoms with Crippen molar-refractivity contribution in [3.05, 3.63) is 18.2 Å². The minimum atomic E-state index is -3.67. The number of methoxy groups -OCH3 is 1. The Kier molecular flexibility index (Phi) is 5.38. The van der Waals surface area contributed by atoms with Crippen molar-refractivity contribution < 1.29 is 22.7 Å². The van der Waals surface area contributed by atoms with Gasteiger partial charge in [-0.05, 0) is 31.0 Å². The average Bonchev–Trinajstić information content (AvgIpc) is 2.98. The Labute approximate surface area is 130 Å². The Morgan fingerprint density at radius 3 is 2.82 bits per heavy atom. The number of anilines is 1. The topological polar surface area (TPSA) is 93.7 Å². The van der Waals surface area contributed by atoms with Gasteiger partial charge in [0.05, 0.1) is 23.8 Å². The third-order valence-electron chi connectivity index (χ3n) is 3.32. The normalized spacial score (nSPS) is 18.2. The van der Waals surface area contributed by atoms with Crippen LogP contribution in [0, 0.1) is 0 Å². The third kappa shape index (κ3) is 4.19. The Morgan fingerprint density at radius 2 is 2.23 bits per heavy atom. The molecule has 7 nitrogen and oxygen atoms in total. The Balaban J connectivity index is 2.16. The van der Waals surface area contributed by atoms with E-state index < -0.39 is 10.0 Å². The lowest BCUT2D eigenvalue weighted by Crippen LogP contribution is -2.31. The maximum Gasteiger partial charge on any atom is 0.240 e. The number of hydrogen-bond acceptors (Lipinski definition) is 5. The lowest BCUT2D eigenvalue weighted by molar-refractivity contribution is -0.114. The molecule has 0 aliphatic carbocycles. The van der Waals surface area contributed by atoms with Crippen LogP contribution in [0.4, 0.5) is 5.69 Å². The zero-order valence-electron chi connectivity index (χ0n) is 12.6. The van der Waals surface area contributed by atoms with E-state index in [9.17, 15) is 13.2 Å². The Morgan fingerprint density at radius 1 is 1.45 bits per heavy atom. The van der Waals surface area contributed by atoms with Gasteiger partial charge in [0.1, 0.15) is 5.75 Å². The molecule has 0 aromatic heterocycles. The van der Waals surface area contributed by atoms with Gasteiger partial charge in [-0.3, -0.25) is 4.79 Å². The summed E-state index contributed by atoms with van der Waals surface area (Å²) in [6.45, 7) is 2.25. The monoisotopic (exact) mass is 328 g/mol. The lowest BCUT2D eigenvalue weighted by atomic mass is 10.2. The summed E-state index contributed by atoms with van der Waals surface area (Å²) in [7, 11) is -2.22. The van der Waals surface area contributed by atoms with Crippen molar-refractivity contribution in [2.45, 2.75) is 30.8 Å². The molecule has 22 heavy (non-hydrogen) atoms. The van der Waals surface area contributed by atoms with Gasteiger partial charge in [-0.25, -0.2) is 13.1 Å². The van der Waals surface area contributed by atoms with E-state index in [2.05, 4.69) is 10.0 Å². The van der Waals surface area contributed by atoms with Crippen LogP contribution in [0.3, 0.4) is 0 Å². The highest BCUT2D eigenvalue weighted by atomic mass is 32.2. The minimum Gasteiger partial charge on any atom is -0.495 e. The number of nitrogens with one attached hydrogen (secondary N) is 2. The van der Waals surface area contributed by atoms with Crippen molar-refractivity contribution >= 4 is 21.6 Å². The van der Waals surface area contributed by atoms with Crippen LogP contribution in [0.5, 0.6) is 5.75 Å². The summed E-state index contributed by atoms with van der Waals surface area (Å²) < 4.78 is 37.6. The first kappa shape index (κ1) is 16.7. The summed E-state index contributed by atoms with van der Waals surface area (Å²) in [6, 6.07) is 4.31. The van der Waals surface area contributed by atoms with Crippen LogP contribution in [0.2, 0.25) is 0 Å². The van der Waals surface area contributed by atoms with Crippen LogP contribution >= 0.6 is 0 Å². The van der Waals surface area contributed by atoms with E-state index in [0.717, 1.165) is 12.8 Å². The van der Waals surface area contributed by atoms with Crippen LogP contribution in [-0.4, -0.2) is 40.7 Å². The molecular weight excluding hydrogens is 308 g/mol. The molecule has 1 atom stereocenters. The molecule has 0 spiro atoms. The second kappa shape index (κ2) is 7.08. The highest BCUT2D eigenvalue weighted by molar-refractivity contribution is 7.89. The standard InChI is InChI=1S/C14H20N2O5S/c1-10(17)16-13-8-12(5-6-14(13)20-2)22(18,19)15-9-11-4-3-7-21-11/h5-6,8,11,15H,3-4,7,9H2,1-2H3,(H,16,17)/t11-/m0/s1. The first-order valence-electron chi connectivity index (χ1n) is 6.99. The quantitative estimate of drug-likeness (QED) is 0.816. The SMILES string of the molecule is COc1ccc(S(=O)(=O)NC[C@@H]2CCCO2)cc1NC(C)=O. The van der Waals surface area contributed by atoms with Gasteiger partial charge in [0.2, 0.25) is 15.9 Å². The summed E-state index contributed by atoms with van der Waals surface area (Å²) in [4.78, 5) is 11.3. The van der Waals surface area contributed by atoms with Gasteiger partial charge in [0, 0.05) is 20.1 Å². The summed E-state index contributed by atoms with van der Waals surface area (Å²) in [5, 5.41) is 2.55. The molecular formula is C14H20N2O5S. The van der Waals surface area contributed by atoms with Gasteiger partial charge in [0.25, 0.3) is 0 Å². The molecule has 1 aliphatic heterocycles.